The van der Waals surface area contributed by atoms with Crippen LogP contribution in [-0.4, -0.2) is 23.6 Å². The number of amides is 1. The number of nitrogens with one attached hydrogen (secondary N) is 1. The second-order valence-corrected chi connectivity index (χ2v) is 5.72. The molecule has 0 fully saturated rings. The van der Waals surface area contributed by atoms with Crippen LogP contribution in [0.15, 0.2) is 30.5 Å². The summed E-state index contributed by atoms with van der Waals surface area (Å²) in [5, 5.41) is 2.89. The number of hydrogen-bond donors (Lipinski definition) is 2. The van der Waals surface area contributed by atoms with Gasteiger partial charge in [0.25, 0.3) is 5.91 Å². The van der Waals surface area contributed by atoms with Crippen molar-refractivity contribution >= 4 is 24.0 Å². The van der Waals surface area contributed by atoms with E-state index in [1.165, 1.54) is 0 Å². The fourth-order valence-electron chi connectivity index (χ4n) is 2.74. The lowest BCUT2D eigenvalue weighted by molar-refractivity contribution is 0.102. The van der Waals surface area contributed by atoms with Crippen LogP contribution < -0.4 is 20.5 Å². The molecule has 0 spiro atoms. The highest BCUT2D eigenvalue weighted by atomic mass is 35.5. The maximum atomic E-state index is 12.5. The maximum Gasteiger partial charge on any atom is 0.255 e. The van der Waals surface area contributed by atoms with Gasteiger partial charge in [0.15, 0.2) is 0 Å². The van der Waals surface area contributed by atoms with Crippen molar-refractivity contribution in [1.29, 1.82) is 0 Å². The molecule has 0 bridgehead atoms. The Kier molecular flexibility index (Phi) is 6.22. The Morgan fingerprint density at radius 2 is 2.24 bits per heavy atom. The van der Waals surface area contributed by atoms with Gasteiger partial charge in [0.1, 0.15) is 17.6 Å². The molecule has 3 N–H and O–H groups in total. The third-order valence-electron chi connectivity index (χ3n) is 3.83. The van der Waals surface area contributed by atoms with E-state index in [-0.39, 0.29) is 31.0 Å². The lowest BCUT2D eigenvalue weighted by Crippen LogP contribution is -2.14. The monoisotopic (exact) mass is 363 g/mol. The van der Waals surface area contributed by atoms with E-state index >= 15 is 0 Å². The SMILES string of the molecule is CCOc1cc2c(cc1NC(=O)c1ccnc(CN)c1)OC(C)C2.Cl. The van der Waals surface area contributed by atoms with Crippen LogP contribution in [0.4, 0.5) is 5.69 Å². The van der Waals surface area contributed by atoms with Gasteiger partial charge in [0, 0.05) is 36.4 Å². The average molecular weight is 364 g/mol. The van der Waals surface area contributed by atoms with Crippen molar-refractivity contribution in [3.63, 3.8) is 0 Å². The molecule has 1 unspecified atom stereocenters. The highest BCUT2D eigenvalue weighted by molar-refractivity contribution is 6.05. The Bertz CT molecular complexity index is 767. The van der Waals surface area contributed by atoms with Gasteiger partial charge in [-0.1, -0.05) is 0 Å². The van der Waals surface area contributed by atoms with Crippen LogP contribution in [0.3, 0.4) is 0 Å². The summed E-state index contributed by atoms with van der Waals surface area (Å²) in [5.41, 5.74) is 8.44. The lowest BCUT2D eigenvalue weighted by Gasteiger charge is -2.14. The summed E-state index contributed by atoms with van der Waals surface area (Å²) in [7, 11) is 0. The number of carbonyl (C=O) groups is 1. The van der Waals surface area contributed by atoms with Crippen molar-refractivity contribution in [2.45, 2.75) is 32.9 Å². The fourth-order valence-corrected chi connectivity index (χ4v) is 2.74. The highest BCUT2D eigenvalue weighted by Crippen LogP contribution is 2.38. The summed E-state index contributed by atoms with van der Waals surface area (Å²) in [6, 6.07) is 7.10. The summed E-state index contributed by atoms with van der Waals surface area (Å²) in [5.74, 6) is 1.20. The molecule has 0 saturated carbocycles. The molecule has 0 saturated heterocycles. The third kappa shape index (κ3) is 4.21. The minimum Gasteiger partial charge on any atom is -0.492 e. The number of pyridine rings is 1. The molecule has 1 atom stereocenters. The van der Waals surface area contributed by atoms with Gasteiger partial charge in [-0.25, -0.2) is 0 Å². The van der Waals surface area contributed by atoms with Crippen molar-refractivity contribution in [2.24, 2.45) is 5.73 Å². The van der Waals surface area contributed by atoms with Crippen LogP contribution in [0.1, 0.15) is 35.5 Å². The standard InChI is InChI=1S/C18H21N3O3.ClH/c1-3-23-17-8-13-6-11(2)24-16(13)9-15(17)21-18(22)12-4-5-20-14(7-12)10-19;/h4-5,7-9,11H,3,6,10,19H2,1-2H3,(H,21,22);1H. The molecule has 2 heterocycles. The number of carbonyl (C=O) groups excluding carboxylic acids is 1. The van der Waals surface area contributed by atoms with Gasteiger partial charge in [0.2, 0.25) is 0 Å². The lowest BCUT2D eigenvalue weighted by atomic mass is 10.1. The molecule has 1 amide bonds. The van der Waals surface area contributed by atoms with Crippen molar-refractivity contribution in [3.8, 4) is 11.5 Å². The number of ether oxygens (including phenoxy) is 2. The van der Waals surface area contributed by atoms with Gasteiger partial charge >= 0.3 is 0 Å². The molecule has 1 aliphatic rings. The van der Waals surface area contributed by atoms with Gasteiger partial charge < -0.3 is 20.5 Å². The molecule has 0 radical (unpaired) electrons. The summed E-state index contributed by atoms with van der Waals surface area (Å²) in [6.45, 7) is 4.73. The minimum atomic E-state index is -0.237. The van der Waals surface area contributed by atoms with Gasteiger partial charge in [0.05, 0.1) is 18.0 Å². The second kappa shape index (κ2) is 8.18. The van der Waals surface area contributed by atoms with E-state index in [2.05, 4.69) is 10.3 Å². The van der Waals surface area contributed by atoms with E-state index in [1.807, 2.05) is 26.0 Å². The summed E-state index contributed by atoms with van der Waals surface area (Å²) >= 11 is 0. The fraction of sp³-hybridized carbons (Fsp3) is 0.333. The topological polar surface area (TPSA) is 86.5 Å². The number of rotatable bonds is 5. The highest BCUT2D eigenvalue weighted by Gasteiger charge is 2.22. The zero-order valence-electron chi connectivity index (χ0n) is 14.2. The number of hydrogen-bond acceptors (Lipinski definition) is 5. The first-order chi connectivity index (χ1) is 11.6. The smallest absolute Gasteiger partial charge is 0.255 e. The molecule has 2 aromatic rings. The molecular formula is C18H22ClN3O3. The first-order valence-electron chi connectivity index (χ1n) is 8.03. The van der Waals surface area contributed by atoms with Crippen molar-refractivity contribution in [1.82, 2.24) is 4.98 Å². The number of benzene rings is 1. The van der Waals surface area contributed by atoms with E-state index in [0.717, 1.165) is 17.7 Å². The Labute approximate surface area is 153 Å². The summed E-state index contributed by atoms with van der Waals surface area (Å²) < 4.78 is 11.4. The van der Waals surface area contributed by atoms with Gasteiger partial charge in [-0.05, 0) is 32.0 Å². The Morgan fingerprint density at radius 3 is 2.96 bits per heavy atom. The minimum absolute atomic E-state index is 0. The zero-order valence-corrected chi connectivity index (χ0v) is 15.1. The summed E-state index contributed by atoms with van der Waals surface area (Å²) in [4.78, 5) is 16.6. The largest absolute Gasteiger partial charge is 0.492 e. The molecule has 6 nitrogen and oxygen atoms in total. The van der Waals surface area contributed by atoms with Gasteiger partial charge in [-0.2, -0.15) is 0 Å². The Morgan fingerprint density at radius 1 is 1.44 bits per heavy atom. The van der Waals surface area contributed by atoms with E-state index in [4.69, 9.17) is 15.2 Å². The number of aromatic nitrogens is 1. The van der Waals surface area contributed by atoms with Crippen molar-refractivity contribution < 1.29 is 14.3 Å². The van der Waals surface area contributed by atoms with Crippen molar-refractivity contribution in [2.75, 3.05) is 11.9 Å². The van der Waals surface area contributed by atoms with Crippen LogP contribution in [0, 0.1) is 0 Å². The number of nitrogens with zero attached hydrogens (tertiary/aromatic N) is 1. The van der Waals surface area contributed by atoms with Crippen LogP contribution in [-0.2, 0) is 13.0 Å². The number of fused-ring (bicyclic) bond motifs is 1. The van der Waals surface area contributed by atoms with E-state index in [9.17, 15) is 4.79 Å². The molecular weight excluding hydrogens is 342 g/mol. The predicted molar refractivity (Wildman–Crippen MR) is 98.7 cm³/mol. The average Bonchev–Trinajstić information content (AvgIpc) is 2.94. The number of halogens is 1. The van der Waals surface area contributed by atoms with E-state index in [0.29, 0.717) is 29.3 Å². The molecule has 134 valence electrons. The maximum absolute atomic E-state index is 12.5. The van der Waals surface area contributed by atoms with Crippen LogP contribution in [0.5, 0.6) is 11.5 Å². The molecule has 3 rings (SSSR count). The quantitative estimate of drug-likeness (QED) is 0.852. The Balaban J connectivity index is 0.00000225. The first kappa shape index (κ1) is 19.0. The van der Waals surface area contributed by atoms with Crippen LogP contribution >= 0.6 is 12.4 Å². The predicted octanol–water partition coefficient (Wildman–Crippen LogP) is 2.94. The van der Waals surface area contributed by atoms with Gasteiger partial charge in [-0.3, -0.25) is 9.78 Å². The molecule has 1 aliphatic heterocycles. The first-order valence-corrected chi connectivity index (χ1v) is 8.03. The Hall–Kier alpha value is -2.31. The molecule has 1 aromatic heterocycles. The van der Waals surface area contributed by atoms with Crippen LogP contribution in [0.25, 0.3) is 0 Å². The van der Waals surface area contributed by atoms with Gasteiger partial charge in [-0.15, -0.1) is 12.4 Å². The van der Waals surface area contributed by atoms with E-state index < -0.39 is 0 Å². The van der Waals surface area contributed by atoms with Crippen LogP contribution in [0.2, 0.25) is 0 Å². The number of anilines is 1. The zero-order chi connectivity index (χ0) is 17.1. The molecule has 7 heteroatoms. The molecule has 25 heavy (non-hydrogen) atoms. The summed E-state index contributed by atoms with van der Waals surface area (Å²) in [6.07, 6.45) is 2.55. The van der Waals surface area contributed by atoms with E-state index in [1.54, 1.807) is 18.3 Å². The molecule has 0 aliphatic carbocycles. The number of nitrogens with two attached hydrogens (primary N) is 1. The second-order valence-electron chi connectivity index (χ2n) is 5.72. The third-order valence-corrected chi connectivity index (χ3v) is 3.83. The van der Waals surface area contributed by atoms with Crippen molar-refractivity contribution in [3.05, 3.63) is 47.3 Å². The molecule has 1 aromatic carbocycles. The normalized spacial score (nSPS) is 14.9.